The molecule has 2 amide bonds. The molecule has 0 aliphatic carbocycles. The summed E-state index contributed by atoms with van der Waals surface area (Å²) in [6.45, 7) is 7.06. The maximum absolute atomic E-state index is 11.8. The number of ether oxygens (including phenoxy) is 1. The molecule has 2 atom stereocenters. The lowest BCUT2D eigenvalue weighted by Gasteiger charge is -2.24. The lowest BCUT2D eigenvalue weighted by Crippen LogP contribution is -2.50. The largest absolute Gasteiger partial charge is 0.480 e. The normalized spacial score (nSPS) is 13.8. The quantitative estimate of drug-likeness (QED) is 0.642. The Morgan fingerprint density at radius 2 is 2.00 bits per heavy atom. The van der Waals surface area contributed by atoms with Crippen molar-refractivity contribution < 1.29 is 19.4 Å². The van der Waals surface area contributed by atoms with E-state index in [2.05, 4.69) is 5.32 Å². The molecule has 0 rings (SSSR count). The monoisotopic (exact) mass is 260 g/mol. The van der Waals surface area contributed by atoms with Crippen LogP contribution in [0.15, 0.2) is 0 Å². The number of carbonyl (C=O) groups is 2. The van der Waals surface area contributed by atoms with Gasteiger partial charge in [0.25, 0.3) is 0 Å². The fourth-order valence-electron chi connectivity index (χ4n) is 1.37. The van der Waals surface area contributed by atoms with Crippen LogP contribution in [0.2, 0.25) is 0 Å². The van der Waals surface area contributed by atoms with Crippen LogP contribution in [0.3, 0.4) is 0 Å². The molecule has 0 aromatic carbocycles. The van der Waals surface area contributed by atoms with E-state index < -0.39 is 12.0 Å². The zero-order valence-electron chi connectivity index (χ0n) is 11.6. The van der Waals surface area contributed by atoms with Crippen LogP contribution in [0.25, 0.3) is 0 Å². The van der Waals surface area contributed by atoms with E-state index in [0.717, 1.165) is 0 Å². The van der Waals surface area contributed by atoms with Gasteiger partial charge in [0.15, 0.2) is 0 Å². The van der Waals surface area contributed by atoms with Crippen LogP contribution in [-0.2, 0) is 9.53 Å². The highest BCUT2D eigenvalue weighted by molar-refractivity contribution is 5.82. The summed E-state index contributed by atoms with van der Waals surface area (Å²) in [6, 6.07) is -1.24. The summed E-state index contributed by atoms with van der Waals surface area (Å²) in [4.78, 5) is 24.3. The number of nitrogens with zero attached hydrogens (tertiary/aromatic N) is 1. The van der Waals surface area contributed by atoms with Crippen LogP contribution in [-0.4, -0.2) is 54.9 Å². The molecule has 0 aliphatic heterocycles. The van der Waals surface area contributed by atoms with Crippen molar-refractivity contribution in [2.24, 2.45) is 5.92 Å². The molecule has 106 valence electrons. The van der Waals surface area contributed by atoms with E-state index in [1.54, 1.807) is 14.0 Å². The van der Waals surface area contributed by atoms with Crippen LogP contribution in [0, 0.1) is 5.92 Å². The average molecular weight is 260 g/mol. The zero-order valence-corrected chi connectivity index (χ0v) is 11.6. The van der Waals surface area contributed by atoms with Gasteiger partial charge in [-0.25, -0.2) is 9.59 Å². The number of hydrogen-bond acceptors (Lipinski definition) is 3. The van der Waals surface area contributed by atoms with Crippen molar-refractivity contribution in [1.29, 1.82) is 0 Å². The molecule has 0 saturated heterocycles. The second-order valence-corrected chi connectivity index (χ2v) is 4.27. The molecular formula is C12H24N2O4. The predicted octanol–water partition coefficient (Wildman–Crippen LogP) is 1.16. The summed E-state index contributed by atoms with van der Waals surface area (Å²) >= 11 is 0. The van der Waals surface area contributed by atoms with Gasteiger partial charge in [0.05, 0.1) is 6.61 Å². The summed E-state index contributed by atoms with van der Waals surface area (Å²) in [6.07, 6.45) is 0.694. The number of urea groups is 1. The first-order valence-corrected chi connectivity index (χ1v) is 6.26. The van der Waals surface area contributed by atoms with Crippen molar-refractivity contribution in [3.8, 4) is 0 Å². The van der Waals surface area contributed by atoms with Gasteiger partial charge < -0.3 is 20.1 Å². The Bertz CT molecular complexity index is 271. The number of hydrogen-bond donors (Lipinski definition) is 2. The minimum atomic E-state index is -1.00. The van der Waals surface area contributed by atoms with Gasteiger partial charge in [-0.3, -0.25) is 0 Å². The average Bonchev–Trinajstić information content (AvgIpc) is 2.34. The Morgan fingerprint density at radius 1 is 1.39 bits per heavy atom. The minimum absolute atomic E-state index is 0.105. The van der Waals surface area contributed by atoms with E-state index in [4.69, 9.17) is 9.84 Å². The summed E-state index contributed by atoms with van der Waals surface area (Å²) in [7, 11) is 1.61. The lowest BCUT2D eigenvalue weighted by molar-refractivity contribution is -0.140. The van der Waals surface area contributed by atoms with Gasteiger partial charge in [0.1, 0.15) is 6.04 Å². The SMILES string of the molecule is CCOCCN(C)C(=O)N[C@H](C(=O)O)[C@@H](C)CC. The third kappa shape index (κ3) is 5.86. The number of amides is 2. The van der Waals surface area contributed by atoms with Crippen molar-refractivity contribution in [2.75, 3.05) is 26.8 Å². The Balaban J connectivity index is 4.28. The molecule has 6 nitrogen and oxygen atoms in total. The van der Waals surface area contributed by atoms with Gasteiger partial charge in [-0.2, -0.15) is 0 Å². The van der Waals surface area contributed by atoms with Crippen LogP contribution in [0.5, 0.6) is 0 Å². The molecular weight excluding hydrogens is 236 g/mol. The molecule has 0 heterocycles. The number of carboxylic acid groups (broad SMARTS) is 1. The molecule has 18 heavy (non-hydrogen) atoms. The van der Waals surface area contributed by atoms with Gasteiger partial charge in [0, 0.05) is 20.2 Å². The van der Waals surface area contributed by atoms with Gasteiger partial charge >= 0.3 is 12.0 Å². The van der Waals surface area contributed by atoms with Gasteiger partial charge in [-0.05, 0) is 12.8 Å². The summed E-state index contributed by atoms with van der Waals surface area (Å²) < 4.78 is 5.14. The molecule has 0 saturated carbocycles. The molecule has 0 aromatic rings. The topological polar surface area (TPSA) is 78.9 Å². The van der Waals surface area contributed by atoms with E-state index in [1.165, 1.54) is 4.90 Å². The van der Waals surface area contributed by atoms with Crippen molar-refractivity contribution in [2.45, 2.75) is 33.2 Å². The van der Waals surface area contributed by atoms with Gasteiger partial charge in [-0.1, -0.05) is 20.3 Å². The molecule has 0 radical (unpaired) electrons. The van der Waals surface area contributed by atoms with E-state index in [9.17, 15) is 9.59 Å². The Kier molecular flexibility index (Phi) is 8.11. The van der Waals surface area contributed by atoms with Crippen LogP contribution < -0.4 is 5.32 Å². The smallest absolute Gasteiger partial charge is 0.326 e. The Labute approximate surface area is 108 Å². The summed E-state index contributed by atoms with van der Waals surface area (Å²) in [5, 5.41) is 11.6. The van der Waals surface area contributed by atoms with Crippen molar-refractivity contribution in [1.82, 2.24) is 10.2 Å². The van der Waals surface area contributed by atoms with E-state index in [0.29, 0.717) is 26.2 Å². The second kappa shape index (κ2) is 8.74. The number of carboxylic acids is 1. The molecule has 6 heteroatoms. The fourth-order valence-corrected chi connectivity index (χ4v) is 1.37. The fraction of sp³-hybridized carbons (Fsp3) is 0.833. The molecule has 0 bridgehead atoms. The van der Waals surface area contributed by atoms with Gasteiger partial charge in [-0.15, -0.1) is 0 Å². The number of aliphatic carboxylic acids is 1. The first kappa shape index (κ1) is 16.7. The summed E-state index contributed by atoms with van der Waals surface area (Å²) in [5.41, 5.74) is 0. The Morgan fingerprint density at radius 3 is 2.44 bits per heavy atom. The third-order valence-electron chi connectivity index (χ3n) is 2.88. The number of likely N-dealkylation sites (N-methyl/N-ethyl adjacent to an activating group) is 1. The van der Waals surface area contributed by atoms with E-state index in [-0.39, 0.29) is 11.9 Å². The standard InChI is InChI=1S/C12H24N2O4/c1-5-9(3)10(11(15)16)13-12(17)14(4)7-8-18-6-2/h9-10H,5-8H2,1-4H3,(H,13,17)(H,15,16)/t9-,10-/m0/s1. The summed E-state index contributed by atoms with van der Waals surface area (Å²) in [5.74, 6) is -1.11. The van der Waals surface area contributed by atoms with Crippen molar-refractivity contribution >= 4 is 12.0 Å². The molecule has 0 fully saturated rings. The van der Waals surface area contributed by atoms with Crippen LogP contribution in [0.1, 0.15) is 27.2 Å². The maximum Gasteiger partial charge on any atom is 0.326 e. The molecule has 2 N–H and O–H groups in total. The highest BCUT2D eigenvalue weighted by atomic mass is 16.5. The van der Waals surface area contributed by atoms with Crippen LogP contribution in [0.4, 0.5) is 4.79 Å². The predicted molar refractivity (Wildman–Crippen MR) is 68.5 cm³/mol. The van der Waals surface area contributed by atoms with Crippen molar-refractivity contribution in [3.05, 3.63) is 0 Å². The molecule has 0 spiro atoms. The molecule has 0 unspecified atom stereocenters. The number of rotatable bonds is 8. The van der Waals surface area contributed by atoms with E-state index in [1.807, 2.05) is 13.8 Å². The van der Waals surface area contributed by atoms with E-state index >= 15 is 0 Å². The minimum Gasteiger partial charge on any atom is -0.480 e. The maximum atomic E-state index is 11.8. The first-order chi connectivity index (χ1) is 8.43. The zero-order chi connectivity index (χ0) is 14.1. The second-order valence-electron chi connectivity index (χ2n) is 4.27. The van der Waals surface area contributed by atoms with Crippen molar-refractivity contribution in [3.63, 3.8) is 0 Å². The first-order valence-electron chi connectivity index (χ1n) is 6.26. The molecule has 0 aliphatic rings. The number of carbonyl (C=O) groups excluding carboxylic acids is 1. The lowest BCUT2D eigenvalue weighted by atomic mass is 9.99. The molecule has 0 aromatic heterocycles. The highest BCUT2D eigenvalue weighted by Crippen LogP contribution is 2.08. The Hall–Kier alpha value is -1.30. The van der Waals surface area contributed by atoms with Gasteiger partial charge in [0.2, 0.25) is 0 Å². The number of nitrogens with one attached hydrogen (secondary N) is 1. The highest BCUT2D eigenvalue weighted by Gasteiger charge is 2.26. The third-order valence-corrected chi connectivity index (χ3v) is 2.88. The van der Waals surface area contributed by atoms with Crippen LogP contribution >= 0.6 is 0 Å².